The number of carboxylic acid groups (broad SMARTS) is 1. The van der Waals surface area contributed by atoms with Crippen molar-refractivity contribution in [3.05, 3.63) is 51.9 Å². The van der Waals surface area contributed by atoms with Crippen LogP contribution in [0.15, 0.2) is 39.6 Å². The number of rotatable bonds is 4. The molecule has 1 aromatic carbocycles. The third-order valence-corrected chi connectivity index (χ3v) is 3.89. The molecular weight excluding hydrogens is 295 g/mol. The van der Waals surface area contributed by atoms with E-state index in [0.717, 1.165) is 4.90 Å². The maximum absolute atomic E-state index is 10.6. The molecule has 0 spiro atoms. The second-order valence-electron chi connectivity index (χ2n) is 3.43. The molecule has 0 atom stereocenters. The van der Waals surface area contributed by atoms with E-state index in [0.29, 0.717) is 21.6 Å². The van der Waals surface area contributed by atoms with Crippen LogP contribution in [0.4, 0.5) is 0 Å². The van der Waals surface area contributed by atoms with Crippen LogP contribution in [0.5, 0.6) is 0 Å². The molecule has 0 radical (unpaired) electrons. The lowest BCUT2D eigenvalue weighted by atomic mass is 10.4. The minimum absolute atomic E-state index is 0.0622. The molecule has 0 saturated heterocycles. The summed E-state index contributed by atoms with van der Waals surface area (Å²) < 4.78 is 5.14. The molecule has 0 aliphatic heterocycles. The first-order valence-electron chi connectivity index (χ1n) is 4.96. The number of hydrogen-bond donors (Lipinski definition) is 1. The van der Waals surface area contributed by atoms with Crippen molar-refractivity contribution >= 4 is 40.9 Å². The van der Waals surface area contributed by atoms with Crippen LogP contribution in [0.2, 0.25) is 10.0 Å². The summed E-state index contributed by atoms with van der Waals surface area (Å²) in [6.45, 7) is 0. The molecule has 1 N–H and O–H groups in total. The quantitative estimate of drug-likeness (QED) is 0.840. The normalized spacial score (nSPS) is 10.6. The van der Waals surface area contributed by atoms with Crippen LogP contribution in [-0.2, 0) is 5.75 Å². The van der Waals surface area contributed by atoms with Gasteiger partial charge >= 0.3 is 5.97 Å². The van der Waals surface area contributed by atoms with E-state index in [1.807, 2.05) is 6.07 Å². The fourth-order valence-corrected chi connectivity index (χ4v) is 2.70. The fraction of sp³-hybridized carbons (Fsp3) is 0.0833. The Morgan fingerprint density at radius 1 is 1.28 bits per heavy atom. The van der Waals surface area contributed by atoms with Gasteiger partial charge in [-0.3, -0.25) is 0 Å². The molecule has 6 heteroatoms. The summed E-state index contributed by atoms with van der Waals surface area (Å²) in [5.41, 5.74) is 0. The zero-order valence-corrected chi connectivity index (χ0v) is 11.4. The zero-order chi connectivity index (χ0) is 13.1. The third kappa shape index (κ3) is 3.22. The number of aromatic carboxylic acids is 1. The molecule has 1 heterocycles. The zero-order valence-electron chi connectivity index (χ0n) is 9.02. The Morgan fingerprint density at radius 3 is 2.67 bits per heavy atom. The molecule has 0 aliphatic rings. The second-order valence-corrected chi connectivity index (χ2v) is 5.30. The van der Waals surface area contributed by atoms with Gasteiger partial charge < -0.3 is 9.52 Å². The van der Waals surface area contributed by atoms with Crippen LogP contribution < -0.4 is 0 Å². The molecule has 0 bridgehead atoms. The monoisotopic (exact) mass is 302 g/mol. The number of carbonyl (C=O) groups is 1. The molecule has 94 valence electrons. The summed E-state index contributed by atoms with van der Waals surface area (Å²) in [5, 5.41) is 9.87. The number of carboxylic acids is 1. The van der Waals surface area contributed by atoms with Gasteiger partial charge in [0, 0.05) is 9.92 Å². The lowest BCUT2D eigenvalue weighted by Gasteiger charge is -2.02. The molecule has 0 fully saturated rings. The molecule has 2 rings (SSSR count). The molecule has 1 aromatic heterocycles. The van der Waals surface area contributed by atoms with E-state index in [1.165, 1.54) is 17.8 Å². The van der Waals surface area contributed by atoms with Crippen LogP contribution in [0.3, 0.4) is 0 Å². The molecule has 0 aliphatic carbocycles. The maximum Gasteiger partial charge on any atom is 0.371 e. The smallest absolute Gasteiger partial charge is 0.371 e. The number of benzene rings is 1. The molecule has 18 heavy (non-hydrogen) atoms. The van der Waals surface area contributed by atoms with Gasteiger partial charge in [0.2, 0.25) is 5.76 Å². The van der Waals surface area contributed by atoms with Crippen molar-refractivity contribution < 1.29 is 14.3 Å². The topological polar surface area (TPSA) is 50.4 Å². The van der Waals surface area contributed by atoms with Crippen molar-refractivity contribution in [2.45, 2.75) is 10.6 Å². The Hall–Kier alpha value is -1.10. The van der Waals surface area contributed by atoms with Gasteiger partial charge in [0.05, 0.1) is 10.8 Å². The molecule has 0 amide bonds. The molecule has 3 nitrogen and oxygen atoms in total. The van der Waals surface area contributed by atoms with Crippen LogP contribution >= 0.6 is 35.0 Å². The van der Waals surface area contributed by atoms with E-state index >= 15 is 0 Å². The lowest BCUT2D eigenvalue weighted by molar-refractivity contribution is 0.0661. The van der Waals surface area contributed by atoms with E-state index in [9.17, 15) is 4.79 Å². The first-order chi connectivity index (χ1) is 8.56. The Bertz CT molecular complexity index is 580. The Kier molecular flexibility index (Phi) is 4.22. The van der Waals surface area contributed by atoms with Gasteiger partial charge in [-0.05, 0) is 30.3 Å². The van der Waals surface area contributed by atoms with Gasteiger partial charge in [-0.25, -0.2) is 4.79 Å². The molecule has 0 unspecified atom stereocenters. The summed E-state index contributed by atoms with van der Waals surface area (Å²) in [6.07, 6.45) is 0. The van der Waals surface area contributed by atoms with Crippen LogP contribution in [0.1, 0.15) is 16.3 Å². The Morgan fingerprint density at radius 2 is 2.06 bits per heavy atom. The average Bonchev–Trinajstić information content (AvgIpc) is 2.76. The van der Waals surface area contributed by atoms with Crippen LogP contribution in [0, 0.1) is 0 Å². The van der Waals surface area contributed by atoms with Crippen molar-refractivity contribution in [2.24, 2.45) is 0 Å². The SMILES string of the molecule is O=C(O)c1ccc(CSc2ccc(Cl)cc2Cl)o1. The summed E-state index contributed by atoms with van der Waals surface area (Å²) in [7, 11) is 0. The Labute approximate surface area is 118 Å². The van der Waals surface area contributed by atoms with E-state index < -0.39 is 5.97 Å². The highest BCUT2D eigenvalue weighted by atomic mass is 35.5. The van der Waals surface area contributed by atoms with Crippen molar-refractivity contribution in [1.29, 1.82) is 0 Å². The van der Waals surface area contributed by atoms with Crippen molar-refractivity contribution in [3.63, 3.8) is 0 Å². The highest BCUT2D eigenvalue weighted by molar-refractivity contribution is 7.98. The number of thioether (sulfide) groups is 1. The minimum Gasteiger partial charge on any atom is -0.475 e. The highest BCUT2D eigenvalue weighted by Gasteiger charge is 2.10. The number of halogens is 2. The standard InChI is InChI=1S/C12H8Cl2O3S/c13-7-1-4-11(9(14)5-7)18-6-8-2-3-10(17-8)12(15)16/h1-5H,6H2,(H,15,16). The highest BCUT2D eigenvalue weighted by Crippen LogP contribution is 2.32. The van der Waals surface area contributed by atoms with Crippen molar-refractivity contribution in [3.8, 4) is 0 Å². The molecular formula is C12H8Cl2O3S. The number of hydrogen-bond acceptors (Lipinski definition) is 3. The van der Waals surface area contributed by atoms with Crippen LogP contribution in [-0.4, -0.2) is 11.1 Å². The second kappa shape index (κ2) is 5.69. The van der Waals surface area contributed by atoms with Gasteiger partial charge in [-0.15, -0.1) is 11.8 Å². The summed E-state index contributed by atoms with van der Waals surface area (Å²) in [4.78, 5) is 11.5. The largest absolute Gasteiger partial charge is 0.475 e. The predicted octanol–water partition coefficient (Wildman–Crippen LogP) is 4.58. The van der Waals surface area contributed by atoms with E-state index in [-0.39, 0.29) is 5.76 Å². The van der Waals surface area contributed by atoms with Crippen molar-refractivity contribution in [1.82, 2.24) is 0 Å². The first kappa shape index (κ1) is 13.3. The van der Waals surface area contributed by atoms with Gasteiger partial charge in [0.1, 0.15) is 5.76 Å². The van der Waals surface area contributed by atoms with Gasteiger partial charge in [0.25, 0.3) is 0 Å². The predicted molar refractivity (Wildman–Crippen MR) is 71.7 cm³/mol. The summed E-state index contributed by atoms with van der Waals surface area (Å²) >= 11 is 13.3. The van der Waals surface area contributed by atoms with Crippen molar-refractivity contribution in [2.75, 3.05) is 0 Å². The lowest BCUT2D eigenvalue weighted by Crippen LogP contribution is -1.91. The Balaban J connectivity index is 2.04. The van der Waals surface area contributed by atoms with E-state index in [1.54, 1.807) is 18.2 Å². The average molecular weight is 303 g/mol. The summed E-state index contributed by atoms with van der Waals surface area (Å²) in [6, 6.07) is 8.30. The maximum atomic E-state index is 10.6. The first-order valence-corrected chi connectivity index (χ1v) is 6.70. The van der Waals surface area contributed by atoms with Gasteiger partial charge in [0.15, 0.2) is 0 Å². The minimum atomic E-state index is -1.07. The fourth-order valence-electron chi connectivity index (χ4n) is 1.31. The van der Waals surface area contributed by atoms with E-state index in [2.05, 4.69) is 0 Å². The molecule has 2 aromatic rings. The van der Waals surface area contributed by atoms with Gasteiger partial charge in [-0.1, -0.05) is 23.2 Å². The van der Waals surface area contributed by atoms with Crippen LogP contribution in [0.25, 0.3) is 0 Å². The van der Waals surface area contributed by atoms with Gasteiger partial charge in [-0.2, -0.15) is 0 Å². The third-order valence-electron chi connectivity index (χ3n) is 2.14. The van der Waals surface area contributed by atoms with E-state index in [4.69, 9.17) is 32.7 Å². The molecule has 0 saturated carbocycles. The summed E-state index contributed by atoms with van der Waals surface area (Å²) in [5.74, 6) is -0.0405. The number of furan rings is 1.